The summed E-state index contributed by atoms with van der Waals surface area (Å²) in [5.74, 6) is 0.353. The zero-order chi connectivity index (χ0) is 10.8. The maximum Gasteiger partial charge on any atom is 0.118 e. The van der Waals surface area contributed by atoms with E-state index in [0.717, 1.165) is 11.1 Å². The van der Waals surface area contributed by atoms with E-state index in [1.807, 2.05) is 25.1 Å². The van der Waals surface area contributed by atoms with E-state index < -0.39 is 0 Å². The number of aromatic hydroxyl groups is 1. The van der Waals surface area contributed by atoms with Crippen molar-refractivity contribution < 1.29 is 5.11 Å². The first-order valence-corrected chi connectivity index (χ1v) is 5.03. The molecule has 2 aromatic rings. The summed E-state index contributed by atoms with van der Waals surface area (Å²) < 4.78 is 0. The largest absolute Gasteiger partial charge is 0.508 e. The molecule has 2 aromatic carbocycles. The first-order valence-electron chi connectivity index (χ1n) is 5.03. The maximum atomic E-state index is 9.45. The first kappa shape index (κ1) is 12.3. The van der Waals surface area contributed by atoms with E-state index >= 15 is 0 Å². The Morgan fingerprint density at radius 1 is 0.875 bits per heavy atom. The van der Waals surface area contributed by atoms with Crippen LogP contribution in [-0.2, 0) is 0 Å². The second-order valence-electron chi connectivity index (χ2n) is 3.87. The summed E-state index contributed by atoms with van der Waals surface area (Å²) >= 11 is 0. The molecule has 16 heavy (non-hydrogen) atoms. The fourth-order valence-electron chi connectivity index (χ4n) is 1.66. The number of hydrogen-bond donors (Lipinski definition) is 1. The van der Waals surface area contributed by atoms with Gasteiger partial charge in [0.2, 0.25) is 0 Å². The summed E-state index contributed by atoms with van der Waals surface area (Å²) in [5.41, 5.74) is 4.50. The lowest BCUT2D eigenvalue weighted by molar-refractivity contribution is 0.471. The van der Waals surface area contributed by atoms with Gasteiger partial charge in [0.15, 0.2) is 0 Å². The Hall–Kier alpha value is -1.76. The average molecular weight is 214 g/mol. The van der Waals surface area contributed by atoms with E-state index in [2.05, 4.69) is 25.1 Å². The van der Waals surface area contributed by atoms with Crippen molar-refractivity contribution in [3.05, 3.63) is 53.6 Å². The highest BCUT2D eigenvalue weighted by Crippen LogP contribution is 2.25. The monoisotopic (exact) mass is 214 g/mol. The van der Waals surface area contributed by atoms with Gasteiger partial charge in [0.25, 0.3) is 0 Å². The smallest absolute Gasteiger partial charge is 0.118 e. The van der Waals surface area contributed by atoms with E-state index in [0.29, 0.717) is 5.75 Å². The molecule has 0 radical (unpaired) electrons. The molecule has 0 aliphatic rings. The molecular weight excluding hydrogens is 196 g/mol. The summed E-state index contributed by atoms with van der Waals surface area (Å²) in [4.78, 5) is 0. The number of hydrogen-bond acceptors (Lipinski definition) is 1. The molecule has 1 heteroatoms. The summed E-state index contributed by atoms with van der Waals surface area (Å²) in [5, 5.41) is 9.45. The molecule has 0 heterocycles. The van der Waals surface area contributed by atoms with Crippen LogP contribution in [0.1, 0.15) is 18.6 Å². The zero-order valence-corrected chi connectivity index (χ0v) is 8.99. The molecule has 1 N–H and O–H groups in total. The molecule has 0 aromatic heterocycles. The quantitative estimate of drug-likeness (QED) is 0.749. The number of benzene rings is 2. The van der Waals surface area contributed by atoms with E-state index in [1.165, 1.54) is 11.1 Å². The molecule has 84 valence electrons. The fraction of sp³-hybridized carbons (Fsp3) is 0.200. The normalized spacial score (nSPS) is 9.62. The molecule has 0 bridgehead atoms. The molecular formula is C15H18O. The third kappa shape index (κ3) is 2.43. The minimum atomic E-state index is 0. The van der Waals surface area contributed by atoms with Crippen LogP contribution in [0.2, 0.25) is 0 Å². The SMILES string of the molecule is C.Cc1cccc(-c2ccc(O)c(C)c2)c1. The van der Waals surface area contributed by atoms with Crippen molar-refractivity contribution in [2.24, 2.45) is 0 Å². The van der Waals surface area contributed by atoms with Gasteiger partial charge in [0.1, 0.15) is 5.75 Å². The van der Waals surface area contributed by atoms with Crippen LogP contribution in [0.15, 0.2) is 42.5 Å². The van der Waals surface area contributed by atoms with Crippen LogP contribution >= 0.6 is 0 Å². The van der Waals surface area contributed by atoms with Crippen LogP contribution in [0.5, 0.6) is 5.75 Å². The van der Waals surface area contributed by atoms with Gasteiger partial charge in [-0.05, 0) is 42.7 Å². The standard InChI is InChI=1S/C14H14O.CH4/c1-10-4-3-5-12(8-10)13-6-7-14(15)11(2)9-13;/h3-9,15H,1-2H3;1H4. The van der Waals surface area contributed by atoms with Gasteiger partial charge >= 0.3 is 0 Å². The predicted octanol–water partition coefficient (Wildman–Crippen LogP) is 4.31. The molecule has 0 saturated carbocycles. The molecule has 0 unspecified atom stereocenters. The third-order valence-corrected chi connectivity index (χ3v) is 2.55. The maximum absolute atomic E-state index is 9.45. The van der Waals surface area contributed by atoms with Crippen molar-refractivity contribution in [1.29, 1.82) is 0 Å². The van der Waals surface area contributed by atoms with Crippen LogP contribution in [0, 0.1) is 13.8 Å². The molecule has 2 rings (SSSR count). The van der Waals surface area contributed by atoms with Crippen LogP contribution in [0.4, 0.5) is 0 Å². The van der Waals surface area contributed by atoms with Crippen LogP contribution in [-0.4, -0.2) is 5.11 Å². The minimum absolute atomic E-state index is 0. The van der Waals surface area contributed by atoms with E-state index in [1.54, 1.807) is 6.07 Å². The van der Waals surface area contributed by atoms with E-state index in [-0.39, 0.29) is 7.43 Å². The number of phenols is 1. The Bertz CT molecular complexity index is 487. The summed E-state index contributed by atoms with van der Waals surface area (Å²) in [7, 11) is 0. The van der Waals surface area contributed by atoms with Gasteiger partial charge in [-0.3, -0.25) is 0 Å². The lowest BCUT2D eigenvalue weighted by Gasteiger charge is -2.05. The van der Waals surface area contributed by atoms with Gasteiger partial charge in [-0.2, -0.15) is 0 Å². The van der Waals surface area contributed by atoms with E-state index in [9.17, 15) is 5.11 Å². The number of phenolic OH excluding ortho intramolecular Hbond substituents is 1. The Balaban J connectivity index is 0.00000128. The van der Waals surface area contributed by atoms with Gasteiger partial charge in [0.05, 0.1) is 0 Å². The van der Waals surface area contributed by atoms with Gasteiger partial charge < -0.3 is 5.11 Å². The topological polar surface area (TPSA) is 20.2 Å². The molecule has 1 nitrogen and oxygen atoms in total. The molecule has 0 amide bonds. The second kappa shape index (κ2) is 4.84. The summed E-state index contributed by atoms with van der Waals surface area (Å²) in [6, 6.07) is 14.0. The van der Waals surface area contributed by atoms with Gasteiger partial charge in [0, 0.05) is 0 Å². The van der Waals surface area contributed by atoms with Crippen LogP contribution in [0.25, 0.3) is 11.1 Å². The van der Waals surface area contributed by atoms with Gasteiger partial charge in [-0.15, -0.1) is 0 Å². The lowest BCUT2D eigenvalue weighted by Crippen LogP contribution is -1.81. The van der Waals surface area contributed by atoms with Gasteiger partial charge in [-0.25, -0.2) is 0 Å². The average Bonchev–Trinajstić information content (AvgIpc) is 2.22. The summed E-state index contributed by atoms with van der Waals surface area (Å²) in [6.45, 7) is 3.99. The molecule has 0 spiro atoms. The van der Waals surface area contributed by atoms with Gasteiger partial charge in [-0.1, -0.05) is 43.3 Å². The van der Waals surface area contributed by atoms with Crippen molar-refractivity contribution in [2.75, 3.05) is 0 Å². The van der Waals surface area contributed by atoms with Crippen molar-refractivity contribution in [3.8, 4) is 16.9 Å². The number of rotatable bonds is 1. The lowest BCUT2D eigenvalue weighted by atomic mass is 10.0. The Morgan fingerprint density at radius 3 is 2.19 bits per heavy atom. The molecule has 0 aliphatic carbocycles. The van der Waals surface area contributed by atoms with Crippen LogP contribution < -0.4 is 0 Å². The fourth-order valence-corrected chi connectivity index (χ4v) is 1.66. The molecule has 0 fully saturated rings. The van der Waals surface area contributed by atoms with Crippen molar-refractivity contribution >= 4 is 0 Å². The Labute approximate surface area is 97.4 Å². The van der Waals surface area contributed by atoms with Crippen molar-refractivity contribution in [1.82, 2.24) is 0 Å². The Kier molecular flexibility index (Phi) is 3.73. The molecule has 0 aliphatic heterocycles. The minimum Gasteiger partial charge on any atom is -0.508 e. The summed E-state index contributed by atoms with van der Waals surface area (Å²) in [6.07, 6.45) is 0. The highest BCUT2D eigenvalue weighted by molar-refractivity contribution is 5.66. The van der Waals surface area contributed by atoms with Crippen molar-refractivity contribution in [2.45, 2.75) is 21.3 Å². The van der Waals surface area contributed by atoms with E-state index in [4.69, 9.17) is 0 Å². The highest BCUT2D eigenvalue weighted by Gasteiger charge is 2.00. The highest BCUT2D eigenvalue weighted by atomic mass is 16.3. The number of aryl methyl sites for hydroxylation is 2. The zero-order valence-electron chi connectivity index (χ0n) is 8.99. The Morgan fingerprint density at radius 2 is 1.56 bits per heavy atom. The third-order valence-electron chi connectivity index (χ3n) is 2.55. The van der Waals surface area contributed by atoms with Crippen molar-refractivity contribution in [3.63, 3.8) is 0 Å². The predicted molar refractivity (Wildman–Crippen MR) is 69.7 cm³/mol. The molecule has 0 atom stereocenters. The van der Waals surface area contributed by atoms with Crippen LogP contribution in [0.3, 0.4) is 0 Å². The second-order valence-corrected chi connectivity index (χ2v) is 3.87. The first-order chi connectivity index (χ1) is 7.16. The molecule has 0 saturated heterocycles.